The zero-order valence-corrected chi connectivity index (χ0v) is 11.6. The lowest BCUT2D eigenvalue weighted by atomic mass is 10.3. The molecule has 0 saturated carbocycles. The van der Waals surface area contributed by atoms with Gasteiger partial charge in [0.05, 0.1) is 4.47 Å². The molecule has 0 radical (unpaired) electrons. The summed E-state index contributed by atoms with van der Waals surface area (Å²) in [6.45, 7) is 1.63. The molecule has 0 aliphatic heterocycles. The number of nitrogens with zero attached hydrogens (tertiary/aromatic N) is 3. The number of nitro groups is 1. The van der Waals surface area contributed by atoms with Crippen LogP contribution in [0.25, 0.3) is 0 Å². The van der Waals surface area contributed by atoms with Gasteiger partial charge in [0.25, 0.3) is 0 Å². The Balaban J connectivity index is 2.42. The van der Waals surface area contributed by atoms with E-state index < -0.39 is 10.7 Å². The highest BCUT2D eigenvalue weighted by atomic mass is 79.9. The third kappa shape index (κ3) is 2.58. The Kier molecular flexibility index (Phi) is 3.52. The molecular weight excluding hydrogens is 321 g/mol. The Labute approximate surface area is 116 Å². The summed E-state index contributed by atoms with van der Waals surface area (Å²) in [5, 5.41) is 10.9. The van der Waals surface area contributed by atoms with Gasteiger partial charge >= 0.3 is 11.7 Å². The first-order chi connectivity index (χ1) is 8.90. The molecule has 0 bridgehead atoms. The predicted molar refractivity (Wildman–Crippen MR) is 68.8 cm³/mol. The van der Waals surface area contributed by atoms with E-state index in [1.54, 1.807) is 14.0 Å². The molecule has 0 fully saturated rings. The van der Waals surface area contributed by atoms with Crippen LogP contribution in [0.3, 0.4) is 0 Å². The lowest BCUT2D eigenvalue weighted by Crippen LogP contribution is -1.97. The van der Waals surface area contributed by atoms with Crippen LogP contribution in [0.15, 0.2) is 22.7 Å². The molecule has 19 heavy (non-hydrogen) atoms. The summed E-state index contributed by atoms with van der Waals surface area (Å²) in [5.74, 6) is -0.0910. The summed E-state index contributed by atoms with van der Waals surface area (Å²) < 4.78 is 20.2. The van der Waals surface area contributed by atoms with Gasteiger partial charge in [0.15, 0.2) is 0 Å². The highest BCUT2D eigenvalue weighted by Gasteiger charge is 2.25. The summed E-state index contributed by atoms with van der Waals surface area (Å²) in [6, 6.07) is 3.97. The first kappa shape index (κ1) is 13.5. The van der Waals surface area contributed by atoms with Crippen LogP contribution in [-0.4, -0.2) is 14.5 Å². The van der Waals surface area contributed by atoms with Crippen molar-refractivity contribution >= 4 is 21.7 Å². The van der Waals surface area contributed by atoms with Crippen molar-refractivity contribution in [3.63, 3.8) is 0 Å². The van der Waals surface area contributed by atoms with E-state index in [1.807, 2.05) is 0 Å². The van der Waals surface area contributed by atoms with Crippen LogP contribution >= 0.6 is 15.9 Å². The van der Waals surface area contributed by atoms with Crippen molar-refractivity contribution in [2.75, 3.05) is 0 Å². The molecule has 1 heterocycles. The van der Waals surface area contributed by atoms with Crippen molar-refractivity contribution < 1.29 is 14.1 Å². The number of aromatic nitrogens is 2. The molecule has 8 heteroatoms. The minimum atomic E-state index is -0.624. The van der Waals surface area contributed by atoms with Gasteiger partial charge in [-0.2, -0.15) is 0 Å². The molecule has 6 nitrogen and oxygen atoms in total. The monoisotopic (exact) mass is 329 g/mol. The fourth-order valence-electron chi connectivity index (χ4n) is 1.46. The summed E-state index contributed by atoms with van der Waals surface area (Å²) in [7, 11) is 1.60. The SMILES string of the molecule is Cc1nc([N+](=O)[O-])c(Oc2ccc(F)c(Br)c2)n1C. The number of rotatable bonds is 3. The Morgan fingerprint density at radius 1 is 1.53 bits per heavy atom. The van der Waals surface area contributed by atoms with Gasteiger partial charge in [-0.1, -0.05) is 0 Å². The number of hydrogen-bond donors (Lipinski definition) is 0. The minimum Gasteiger partial charge on any atom is -0.434 e. The molecule has 0 saturated heterocycles. The lowest BCUT2D eigenvalue weighted by Gasteiger charge is -2.06. The van der Waals surface area contributed by atoms with Gasteiger partial charge in [0.2, 0.25) is 5.82 Å². The standard InChI is InChI=1S/C11H9BrFN3O3/c1-6-14-10(16(17)18)11(15(6)2)19-7-3-4-9(13)8(12)5-7/h3-5H,1-2H3. The zero-order chi connectivity index (χ0) is 14.2. The summed E-state index contributed by atoms with van der Waals surface area (Å²) in [4.78, 5) is 14.1. The molecular formula is C11H9BrFN3O3. The Morgan fingerprint density at radius 2 is 2.21 bits per heavy atom. The normalized spacial score (nSPS) is 10.5. The molecule has 1 aromatic carbocycles. The van der Waals surface area contributed by atoms with Crippen molar-refractivity contribution in [1.82, 2.24) is 9.55 Å². The smallest absolute Gasteiger partial charge is 0.427 e. The van der Waals surface area contributed by atoms with E-state index in [0.717, 1.165) is 0 Å². The van der Waals surface area contributed by atoms with Gasteiger partial charge in [-0.05, 0) is 44.0 Å². The van der Waals surface area contributed by atoms with E-state index >= 15 is 0 Å². The van der Waals surface area contributed by atoms with E-state index in [0.29, 0.717) is 5.82 Å². The van der Waals surface area contributed by atoms with Crippen LogP contribution in [0.1, 0.15) is 5.82 Å². The third-order valence-corrected chi connectivity index (χ3v) is 3.14. The van der Waals surface area contributed by atoms with Crippen LogP contribution < -0.4 is 4.74 Å². The quantitative estimate of drug-likeness (QED) is 0.639. The summed E-state index contributed by atoms with van der Waals surface area (Å²) >= 11 is 3.02. The molecule has 0 atom stereocenters. The maximum atomic E-state index is 13.1. The maximum Gasteiger partial charge on any atom is 0.427 e. The topological polar surface area (TPSA) is 70.2 Å². The van der Waals surface area contributed by atoms with Crippen LogP contribution in [0, 0.1) is 22.9 Å². The predicted octanol–water partition coefficient (Wildman–Crippen LogP) is 3.33. The van der Waals surface area contributed by atoms with Crippen molar-refractivity contribution in [2.45, 2.75) is 6.92 Å². The Morgan fingerprint density at radius 3 is 2.79 bits per heavy atom. The summed E-state index contributed by atoms with van der Waals surface area (Å²) in [5.41, 5.74) is 0. The molecule has 2 aromatic rings. The minimum absolute atomic E-state index is 0.000933. The van der Waals surface area contributed by atoms with Gasteiger partial charge < -0.3 is 14.9 Å². The molecule has 2 rings (SSSR count). The van der Waals surface area contributed by atoms with Crippen molar-refractivity contribution in [1.29, 1.82) is 0 Å². The van der Waals surface area contributed by atoms with Crippen molar-refractivity contribution in [2.24, 2.45) is 7.05 Å². The van der Waals surface area contributed by atoms with Gasteiger partial charge in [-0.25, -0.2) is 4.39 Å². The first-order valence-electron chi connectivity index (χ1n) is 5.20. The summed E-state index contributed by atoms with van der Waals surface area (Å²) in [6.07, 6.45) is 0. The second-order valence-corrected chi connectivity index (χ2v) is 4.64. The number of halogens is 2. The van der Waals surface area contributed by atoms with Crippen molar-refractivity contribution in [3.05, 3.63) is 44.4 Å². The average molecular weight is 330 g/mol. The fraction of sp³-hybridized carbons (Fsp3) is 0.182. The average Bonchev–Trinajstić information content (AvgIpc) is 2.62. The van der Waals surface area contributed by atoms with Gasteiger partial charge in [0, 0.05) is 14.0 Å². The van der Waals surface area contributed by atoms with E-state index in [-0.39, 0.29) is 21.9 Å². The number of ether oxygens (including phenoxy) is 1. The van der Waals surface area contributed by atoms with Crippen LogP contribution in [0.5, 0.6) is 11.6 Å². The molecule has 0 spiro atoms. The number of imidazole rings is 1. The molecule has 0 amide bonds. The van der Waals surface area contributed by atoms with Crippen molar-refractivity contribution in [3.8, 4) is 11.6 Å². The van der Waals surface area contributed by atoms with E-state index in [4.69, 9.17) is 4.74 Å². The van der Waals surface area contributed by atoms with E-state index in [2.05, 4.69) is 20.9 Å². The number of aryl methyl sites for hydroxylation is 1. The molecule has 0 aliphatic carbocycles. The third-order valence-electron chi connectivity index (χ3n) is 2.53. The van der Waals surface area contributed by atoms with Gasteiger partial charge in [-0.15, -0.1) is 0 Å². The van der Waals surface area contributed by atoms with E-state index in [1.165, 1.54) is 22.8 Å². The van der Waals surface area contributed by atoms with Crippen LogP contribution in [0.4, 0.5) is 10.2 Å². The van der Waals surface area contributed by atoms with E-state index in [9.17, 15) is 14.5 Å². The molecule has 1 aromatic heterocycles. The number of benzene rings is 1. The van der Waals surface area contributed by atoms with Crippen LogP contribution in [0.2, 0.25) is 0 Å². The molecule has 0 aliphatic rings. The second kappa shape index (κ2) is 4.96. The van der Waals surface area contributed by atoms with Crippen LogP contribution in [-0.2, 0) is 7.05 Å². The Hall–Kier alpha value is -1.96. The maximum absolute atomic E-state index is 13.1. The number of hydrogen-bond acceptors (Lipinski definition) is 4. The zero-order valence-electron chi connectivity index (χ0n) is 10.1. The molecule has 0 N–H and O–H groups in total. The lowest BCUT2D eigenvalue weighted by molar-refractivity contribution is -0.390. The van der Waals surface area contributed by atoms with Gasteiger partial charge in [0.1, 0.15) is 11.6 Å². The molecule has 100 valence electrons. The highest BCUT2D eigenvalue weighted by molar-refractivity contribution is 9.10. The molecule has 0 unspecified atom stereocenters. The largest absolute Gasteiger partial charge is 0.434 e. The van der Waals surface area contributed by atoms with Gasteiger partial charge in [-0.3, -0.25) is 4.57 Å². The first-order valence-corrected chi connectivity index (χ1v) is 6.00. The second-order valence-electron chi connectivity index (χ2n) is 3.78. The fourth-order valence-corrected chi connectivity index (χ4v) is 1.82. The highest BCUT2D eigenvalue weighted by Crippen LogP contribution is 2.32. The Bertz CT molecular complexity index is 657.